The van der Waals surface area contributed by atoms with Crippen molar-refractivity contribution >= 4 is 45.6 Å². The van der Waals surface area contributed by atoms with Gasteiger partial charge in [0.2, 0.25) is 0 Å². The topological polar surface area (TPSA) is 55.2 Å². The molecule has 2 aromatic carbocycles. The summed E-state index contributed by atoms with van der Waals surface area (Å²) in [4.78, 5) is 10.3. The van der Waals surface area contributed by atoms with E-state index in [4.69, 9.17) is 11.6 Å². The highest BCUT2D eigenvalue weighted by Gasteiger charge is 2.14. The summed E-state index contributed by atoms with van der Waals surface area (Å²) in [6.45, 7) is 0.119. The number of hydrogen-bond acceptors (Lipinski definition) is 3. The summed E-state index contributed by atoms with van der Waals surface area (Å²) < 4.78 is 14.2. The minimum atomic E-state index is -0.536. The molecule has 2 rings (SSSR count). The van der Waals surface area contributed by atoms with Crippen LogP contribution in [0.2, 0.25) is 5.02 Å². The molecule has 2 aromatic rings. The second-order valence-electron chi connectivity index (χ2n) is 4.01. The van der Waals surface area contributed by atoms with E-state index in [1.54, 1.807) is 12.1 Å². The fourth-order valence-corrected chi connectivity index (χ4v) is 2.62. The largest absolute Gasteiger partial charge is 0.379 e. The van der Waals surface area contributed by atoms with E-state index in [-0.39, 0.29) is 17.8 Å². The van der Waals surface area contributed by atoms with Crippen molar-refractivity contribution in [2.24, 2.45) is 0 Å². The van der Waals surface area contributed by atoms with Crippen LogP contribution in [-0.4, -0.2) is 4.92 Å². The van der Waals surface area contributed by atoms with Crippen LogP contribution in [0.3, 0.4) is 0 Å². The highest BCUT2D eigenvalue weighted by Crippen LogP contribution is 2.26. The molecular formula is C13H9ClFIN2O2. The second-order valence-corrected chi connectivity index (χ2v) is 5.66. The summed E-state index contributed by atoms with van der Waals surface area (Å²) in [6.07, 6.45) is 0. The maximum absolute atomic E-state index is 13.2. The van der Waals surface area contributed by atoms with Crippen molar-refractivity contribution in [3.8, 4) is 0 Å². The number of anilines is 1. The molecule has 20 heavy (non-hydrogen) atoms. The molecule has 0 fully saturated rings. The van der Waals surface area contributed by atoms with Crippen LogP contribution in [0.1, 0.15) is 5.56 Å². The predicted octanol–water partition coefficient (Wildman–Crippen LogP) is 4.60. The Bertz CT molecular complexity index is 667. The maximum atomic E-state index is 13.2. The van der Waals surface area contributed by atoms with E-state index in [1.165, 1.54) is 0 Å². The molecule has 0 heterocycles. The molecule has 0 amide bonds. The Labute approximate surface area is 133 Å². The van der Waals surface area contributed by atoms with E-state index in [1.807, 2.05) is 6.07 Å². The summed E-state index contributed by atoms with van der Waals surface area (Å²) >= 11 is 8.18. The van der Waals surface area contributed by atoms with Crippen LogP contribution in [0.4, 0.5) is 15.8 Å². The lowest BCUT2D eigenvalue weighted by Crippen LogP contribution is -2.04. The highest BCUT2D eigenvalue weighted by atomic mass is 127. The van der Waals surface area contributed by atoms with Gasteiger partial charge < -0.3 is 5.32 Å². The zero-order valence-electron chi connectivity index (χ0n) is 10.1. The molecule has 0 radical (unpaired) electrons. The standard InChI is InChI=1S/C13H9ClFIN2O2/c14-11-6-10(16)2-3-12(11)17-7-8-5-9(15)1-4-13(8)18(19)20/h1-6,17H,7H2. The van der Waals surface area contributed by atoms with Crippen LogP contribution < -0.4 is 5.32 Å². The number of hydrogen-bond donors (Lipinski definition) is 1. The number of nitrogens with one attached hydrogen (secondary N) is 1. The van der Waals surface area contributed by atoms with Crippen LogP contribution in [0.15, 0.2) is 36.4 Å². The van der Waals surface area contributed by atoms with Crippen molar-refractivity contribution < 1.29 is 9.31 Å². The molecule has 4 nitrogen and oxygen atoms in total. The molecule has 0 atom stereocenters. The van der Waals surface area contributed by atoms with Crippen molar-refractivity contribution in [1.29, 1.82) is 0 Å². The normalized spacial score (nSPS) is 10.3. The lowest BCUT2D eigenvalue weighted by atomic mass is 10.1. The van der Waals surface area contributed by atoms with Gasteiger partial charge in [-0.15, -0.1) is 0 Å². The van der Waals surface area contributed by atoms with Crippen molar-refractivity contribution in [3.63, 3.8) is 0 Å². The van der Waals surface area contributed by atoms with Crippen LogP contribution in [0.5, 0.6) is 0 Å². The number of nitrogens with zero attached hydrogens (tertiary/aromatic N) is 1. The molecule has 0 saturated heterocycles. The van der Waals surface area contributed by atoms with Gasteiger partial charge in [0.25, 0.3) is 5.69 Å². The van der Waals surface area contributed by atoms with Gasteiger partial charge in [0.05, 0.1) is 21.2 Å². The molecule has 0 bridgehead atoms. The number of halogens is 3. The molecule has 0 unspecified atom stereocenters. The average Bonchev–Trinajstić information content (AvgIpc) is 2.37. The third-order valence-electron chi connectivity index (χ3n) is 2.64. The molecule has 0 aliphatic rings. The van der Waals surface area contributed by atoms with Gasteiger partial charge in [-0.25, -0.2) is 4.39 Å². The number of benzene rings is 2. The van der Waals surface area contributed by atoms with E-state index in [2.05, 4.69) is 27.9 Å². The van der Waals surface area contributed by atoms with E-state index in [9.17, 15) is 14.5 Å². The quantitative estimate of drug-likeness (QED) is 0.458. The summed E-state index contributed by atoms with van der Waals surface area (Å²) in [5.41, 5.74) is 0.788. The van der Waals surface area contributed by atoms with Gasteiger partial charge in [-0.05, 0) is 52.9 Å². The molecule has 7 heteroatoms. The Kier molecular flexibility index (Phi) is 4.77. The predicted molar refractivity (Wildman–Crippen MR) is 84.6 cm³/mol. The van der Waals surface area contributed by atoms with Gasteiger partial charge in [0, 0.05) is 16.2 Å². The SMILES string of the molecule is O=[N+]([O-])c1ccc(F)cc1CNc1ccc(I)cc1Cl. The Balaban J connectivity index is 2.22. The molecule has 104 valence electrons. The van der Waals surface area contributed by atoms with E-state index in [0.29, 0.717) is 10.7 Å². The Morgan fingerprint density at radius 1 is 1.30 bits per heavy atom. The van der Waals surface area contributed by atoms with Crippen LogP contribution in [-0.2, 0) is 6.54 Å². The van der Waals surface area contributed by atoms with E-state index >= 15 is 0 Å². The molecule has 0 aromatic heterocycles. The third-order valence-corrected chi connectivity index (χ3v) is 3.62. The maximum Gasteiger partial charge on any atom is 0.274 e. The number of nitro groups is 1. The lowest BCUT2D eigenvalue weighted by molar-refractivity contribution is -0.385. The van der Waals surface area contributed by atoms with E-state index < -0.39 is 10.7 Å². The summed E-state index contributed by atoms with van der Waals surface area (Å²) in [7, 11) is 0. The zero-order chi connectivity index (χ0) is 14.7. The fourth-order valence-electron chi connectivity index (χ4n) is 1.70. The Morgan fingerprint density at radius 2 is 2.05 bits per heavy atom. The van der Waals surface area contributed by atoms with Gasteiger partial charge in [-0.2, -0.15) is 0 Å². The van der Waals surface area contributed by atoms with Crippen molar-refractivity contribution in [1.82, 2.24) is 0 Å². The second kappa shape index (κ2) is 6.36. The zero-order valence-corrected chi connectivity index (χ0v) is 13.0. The molecule has 0 aliphatic carbocycles. The first-order valence-corrected chi connectivity index (χ1v) is 7.05. The van der Waals surface area contributed by atoms with Gasteiger partial charge in [0.15, 0.2) is 0 Å². The first-order valence-electron chi connectivity index (χ1n) is 5.59. The third kappa shape index (κ3) is 3.57. The van der Waals surface area contributed by atoms with Crippen LogP contribution >= 0.6 is 34.2 Å². The smallest absolute Gasteiger partial charge is 0.274 e. The molecule has 0 aliphatic heterocycles. The first-order chi connectivity index (χ1) is 9.47. The number of rotatable bonds is 4. The average molecular weight is 407 g/mol. The van der Waals surface area contributed by atoms with Gasteiger partial charge in [-0.1, -0.05) is 11.6 Å². The van der Waals surface area contributed by atoms with Crippen molar-refractivity contribution in [2.45, 2.75) is 6.54 Å². The lowest BCUT2D eigenvalue weighted by Gasteiger charge is -2.09. The minimum absolute atomic E-state index is 0.119. The minimum Gasteiger partial charge on any atom is -0.379 e. The summed E-state index contributed by atoms with van der Waals surface area (Å²) in [5.74, 6) is -0.513. The van der Waals surface area contributed by atoms with E-state index in [0.717, 1.165) is 21.8 Å². The molecule has 0 spiro atoms. The monoisotopic (exact) mass is 406 g/mol. The molecule has 0 saturated carbocycles. The van der Waals surface area contributed by atoms with Gasteiger partial charge >= 0.3 is 0 Å². The summed E-state index contributed by atoms with van der Waals surface area (Å²) in [6, 6.07) is 8.77. The van der Waals surface area contributed by atoms with Crippen LogP contribution in [0, 0.1) is 19.5 Å². The van der Waals surface area contributed by atoms with Crippen molar-refractivity contribution in [3.05, 3.63) is 66.5 Å². The number of nitro benzene ring substituents is 1. The fraction of sp³-hybridized carbons (Fsp3) is 0.0769. The highest BCUT2D eigenvalue weighted by molar-refractivity contribution is 14.1. The van der Waals surface area contributed by atoms with Crippen molar-refractivity contribution in [2.75, 3.05) is 5.32 Å². The van der Waals surface area contributed by atoms with Crippen LogP contribution in [0.25, 0.3) is 0 Å². The van der Waals surface area contributed by atoms with Gasteiger partial charge in [-0.3, -0.25) is 10.1 Å². The van der Waals surface area contributed by atoms with Gasteiger partial charge in [0.1, 0.15) is 5.82 Å². The Morgan fingerprint density at radius 3 is 2.70 bits per heavy atom. The molecular weight excluding hydrogens is 398 g/mol. The molecule has 1 N–H and O–H groups in total. The first kappa shape index (κ1) is 15.0. The summed E-state index contributed by atoms with van der Waals surface area (Å²) in [5, 5.41) is 14.4. The Hall–Kier alpha value is -1.41.